The van der Waals surface area contributed by atoms with E-state index in [1.165, 1.54) is 6.07 Å². The second kappa shape index (κ2) is 9.40. The lowest BCUT2D eigenvalue weighted by molar-refractivity contribution is -0.149. The van der Waals surface area contributed by atoms with Gasteiger partial charge in [-0.2, -0.15) is 0 Å². The molecule has 1 amide bonds. The fourth-order valence-corrected chi connectivity index (χ4v) is 3.40. The number of thiocarbonyl (C=S) groups is 1. The first-order chi connectivity index (χ1) is 12.8. The number of aryl methyl sites for hydroxylation is 1. The number of hydrogen-bond acceptors (Lipinski definition) is 4. The first-order valence-corrected chi connectivity index (χ1v) is 9.94. The molecule has 148 valence electrons. The van der Waals surface area contributed by atoms with Crippen LogP contribution >= 0.6 is 12.2 Å². The average molecular weight is 394 g/mol. The second-order valence-corrected chi connectivity index (χ2v) is 7.99. The van der Waals surface area contributed by atoms with E-state index in [-0.39, 0.29) is 17.6 Å². The maximum atomic E-state index is 13.6. The van der Waals surface area contributed by atoms with Gasteiger partial charge in [-0.25, -0.2) is 4.39 Å². The fraction of sp³-hybridized carbons (Fsp3) is 0.571. The van der Waals surface area contributed by atoms with Crippen molar-refractivity contribution in [3.63, 3.8) is 0 Å². The summed E-state index contributed by atoms with van der Waals surface area (Å²) in [4.78, 5) is 26.7. The SMILES string of the molecule is CCC(C)(C)C(=O)C(=O)N1CCC[C@H]1C(=S)OCCCc1ccccc1F. The van der Waals surface area contributed by atoms with Crippen molar-refractivity contribution >= 4 is 29.0 Å². The summed E-state index contributed by atoms with van der Waals surface area (Å²) in [7, 11) is 0. The number of carbonyl (C=O) groups excluding carboxylic acids is 2. The highest BCUT2D eigenvalue weighted by molar-refractivity contribution is 7.80. The van der Waals surface area contributed by atoms with Gasteiger partial charge in [-0.1, -0.05) is 39.0 Å². The van der Waals surface area contributed by atoms with Crippen LogP contribution in [0, 0.1) is 11.2 Å². The summed E-state index contributed by atoms with van der Waals surface area (Å²) in [5.41, 5.74) is -0.0241. The number of halogens is 1. The molecule has 1 aliphatic heterocycles. The number of amides is 1. The summed E-state index contributed by atoms with van der Waals surface area (Å²) in [5.74, 6) is -1.06. The van der Waals surface area contributed by atoms with Crippen LogP contribution < -0.4 is 0 Å². The summed E-state index contributed by atoms with van der Waals surface area (Å²) >= 11 is 5.37. The standard InChI is InChI=1S/C21H28FNO3S/c1-4-21(2,3)18(24)19(25)23-13-7-12-17(23)20(27)26-14-8-10-15-9-5-6-11-16(15)22/h5-6,9,11,17H,4,7-8,10,12-14H2,1-3H3/t17-/m0/s1. The molecule has 0 spiro atoms. The molecule has 1 saturated heterocycles. The zero-order chi connectivity index (χ0) is 20.0. The smallest absolute Gasteiger partial charge is 0.291 e. The number of likely N-dealkylation sites (tertiary alicyclic amines) is 1. The maximum absolute atomic E-state index is 13.6. The Kier molecular flexibility index (Phi) is 7.48. The Hall–Kier alpha value is -1.82. The van der Waals surface area contributed by atoms with Crippen molar-refractivity contribution in [3.05, 3.63) is 35.6 Å². The molecular formula is C21H28FNO3S. The van der Waals surface area contributed by atoms with E-state index in [0.717, 1.165) is 6.42 Å². The molecular weight excluding hydrogens is 365 g/mol. The molecule has 6 heteroatoms. The molecule has 0 saturated carbocycles. The molecule has 0 unspecified atom stereocenters. The average Bonchev–Trinajstić information content (AvgIpc) is 3.15. The van der Waals surface area contributed by atoms with E-state index in [9.17, 15) is 14.0 Å². The third kappa shape index (κ3) is 5.34. The van der Waals surface area contributed by atoms with Crippen LogP contribution in [0.2, 0.25) is 0 Å². The van der Waals surface area contributed by atoms with Crippen LogP contribution in [0.1, 0.15) is 52.0 Å². The van der Waals surface area contributed by atoms with Gasteiger partial charge in [0.1, 0.15) is 11.9 Å². The van der Waals surface area contributed by atoms with Crippen LogP contribution in [0.5, 0.6) is 0 Å². The molecule has 1 aromatic rings. The first-order valence-electron chi connectivity index (χ1n) is 9.53. The van der Waals surface area contributed by atoms with Crippen molar-refractivity contribution in [2.24, 2.45) is 5.41 Å². The fourth-order valence-electron chi connectivity index (χ4n) is 3.07. The zero-order valence-electron chi connectivity index (χ0n) is 16.3. The lowest BCUT2D eigenvalue weighted by atomic mass is 9.84. The number of carbonyl (C=O) groups is 2. The van der Waals surface area contributed by atoms with Crippen molar-refractivity contribution in [1.29, 1.82) is 0 Å². The molecule has 4 nitrogen and oxygen atoms in total. The molecule has 0 aromatic heterocycles. The second-order valence-electron chi connectivity index (χ2n) is 7.59. The van der Waals surface area contributed by atoms with Gasteiger partial charge in [0.05, 0.1) is 6.61 Å². The van der Waals surface area contributed by atoms with Gasteiger partial charge in [0, 0.05) is 12.0 Å². The number of ether oxygens (including phenoxy) is 1. The molecule has 0 aliphatic carbocycles. The molecule has 0 N–H and O–H groups in total. The van der Waals surface area contributed by atoms with E-state index in [1.807, 2.05) is 6.92 Å². The predicted octanol–water partition coefficient (Wildman–Crippen LogP) is 4.10. The number of ketones is 1. The van der Waals surface area contributed by atoms with E-state index < -0.39 is 11.3 Å². The van der Waals surface area contributed by atoms with Crippen LogP contribution in [0.3, 0.4) is 0 Å². The number of rotatable bonds is 8. The van der Waals surface area contributed by atoms with Crippen LogP contribution in [-0.2, 0) is 20.7 Å². The third-order valence-electron chi connectivity index (χ3n) is 5.27. The van der Waals surface area contributed by atoms with Crippen LogP contribution in [0.25, 0.3) is 0 Å². The third-order valence-corrected chi connectivity index (χ3v) is 5.66. The van der Waals surface area contributed by atoms with E-state index in [1.54, 1.807) is 36.9 Å². The number of hydrogen-bond donors (Lipinski definition) is 0. The summed E-state index contributed by atoms with van der Waals surface area (Å²) in [5, 5.41) is 0.344. The predicted molar refractivity (Wildman–Crippen MR) is 107 cm³/mol. The Bertz CT molecular complexity index is 704. The van der Waals surface area contributed by atoms with Crippen LogP contribution in [0.15, 0.2) is 24.3 Å². The summed E-state index contributed by atoms with van der Waals surface area (Å²) in [6, 6.07) is 6.33. The number of nitrogens with zero attached hydrogens (tertiary/aromatic N) is 1. The highest BCUT2D eigenvalue weighted by atomic mass is 32.1. The minimum absolute atomic E-state index is 0.218. The molecule has 2 rings (SSSR count). The minimum Gasteiger partial charge on any atom is -0.485 e. The van der Waals surface area contributed by atoms with Gasteiger partial charge >= 0.3 is 0 Å². The Morgan fingerprint density at radius 1 is 1.33 bits per heavy atom. The van der Waals surface area contributed by atoms with E-state index in [4.69, 9.17) is 17.0 Å². The lowest BCUT2D eigenvalue weighted by Gasteiger charge is -2.28. The normalized spacial score (nSPS) is 17.0. The van der Waals surface area contributed by atoms with E-state index in [0.29, 0.717) is 49.4 Å². The molecule has 1 aliphatic rings. The van der Waals surface area contributed by atoms with Gasteiger partial charge in [-0.15, -0.1) is 0 Å². The highest BCUT2D eigenvalue weighted by Crippen LogP contribution is 2.26. The van der Waals surface area contributed by atoms with Gasteiger partial charge in [0.2, 0.25) is 5.78 Å². The lowest BCUT2D eigenvalue weighted by Crippen LogP contribution is -2.47. The van der Waals surface area contributed by atoms with E-state index in [2.05, 4.69) is 0 Å². The monoisotopic (exact) mass is 393 g/mol. The Labute approximate surface area is 166 Å². The molecule has 1 atom stereocenters. The zero-order valence-corrected chi connectivity index (χ0v) is 17.1. The quantitative estimate of drug-likeness (QED) is 0.379. The number of Topliss-reactive ketones (excluding diaryl/α,β-unsaturated/α-hetero) is 1. The van der Waals surface area contributed by atoms with Crippen molar-refractivity contribution < 1.29 is 18.7 Å². The van der Waals surface area contributed by atoms with Crippen molar-refractivity contribution in [2.75, 3.05) is 13.2 Å². The molecule has 27 heavy (non-hydrogen) atoms. The Morgan fingerprint density at radius 3 is 2.70 bits per heavy atom. The summed E-state index contributed by atoms with van der Waals surface area (Å²) in [6.07, 6.45) is 3.30. The Morgan fingerprint density at radius 2 is 2.04 bits per heavy atom. The molecule has 1 aromatic carbocycles. The first kappa shape index (κ1) is 21.5. The number of benzene rings is 1. The summed E-state index contributed by atoms with van der Waals surface area (Å²) in [6.45, 7) is 6.36. The molecule has 0 radical (unpaired) electrons. The van der Waals surface area contributed by atoms with Gasteiger partial charge in [0.25, 0.3) is 5.91 Å². The minimum atomic E-state index is -0.674. The van der Waals surface area contributed by atoms with Gasteiger partial charge in [0.15, 0.2) is 5.05 Å². The van der Waals surface area contributed by atoms with Crippen LogP contribution in [-0.4, -0.2) is 40.8 Å². The highest BCUT2D eigenvalue weighted by Gasteiger charge is 2.40. The maximum Gasteiger partial charge on any atom is 0.291 e. The van der Waals surface area contributed by atoms with Gasteiger partial charge in [-0.05, 0) is 56.0 Å². The van der Waals surface area contributed by atoms with Gasteiger partial charge in [-0.3, -0.25) is 9.59 Å². The van der Waals surface area contributed by atoms with Crippen molar-refractivity contribution in [1.82, 2.24) is 4.90 Å². The van der Waals surface area contributed by atoms with Crippen molar-refractivity contribution in [2.45, 2.75) is 58.9 Å². The van der Waals surface area contributed by atoms with E-state index >= 15 is 0 Å². The summed E-state index contributed by atoms with van der Waals surface area (Å²) < 4.78 is 19.3. The Balaban J connectivity index is 1.87. The van der Waals surface area contributed by atoms with Crippen LogP contribution in [0.4, 0.5) is 4.39 Å². The topological polar surface area (TPSA) is 46.6 Å². The molecule has 1 heterocycles. The largest absolute Gasteiger partial charge is 0.485 e. The molecule has 0 bridgehead atoms. The van der Waals surface area contributed by atoms with Crippen molar-refractivity contribution in [3.8, 4) is 0 Å². The molecule has 1 fully saturated rings. The van der Waals surface area contributed by atoms with Gasteiger partial charge < -0.3 is 9.64 Å².